The van der Waals surface area contributed by atoms with Gasteiger partial charge in [0.15, 0.2) is 0 Å². The summed E-state index contributed by atoms with van der Waals surface area (Å²) < 4.78 is 13.3. The molecule has 4 rings (SSSR count). The summed E-state index contributed by atoms with van der Waals surface area (Å²) in [6.45, 7) is 6.89. The Kier molecular flexibility index (Phi) is 8.12. The van der Waals surface area contributed by atoms with Gasteiger partial charge in [-0.25, -0.2) is 0 Å². The number of rotatable bonds is 10. The number of ether oxygens (including phenoxy) is 2. The lowest BCUT2D eigenvalue weighted by molar-refractivity contribution is -0.121. The molecule has 6 heteroatoms. The summed E-state index contributed by atoms with van der Waals surface area (Å²) in [7, 11) is 3.31. The van der Waals surface area contributed by atoms with Gasteiger partial charge in [0.1, 0.15) is 11.5 Å². The maximum Gasteiger partial charge on any atom is 0.220 e. The van der Waals surface area contributed by atoms with Crippen molar-refractivity contribution in [3.63, 3.8) is 0 Å². The normalized spacial score (nSPS) is 15.3. The highest BCUT2D eigenvalue weighted by Crippen LogP contribution is 2.37. The van der Waals surface area contributed by atoms with Crippen LogP contribution in [0.3, 0.4) is 0 Å². The van der Waals surface area contributed by atoms with E-state index in [0.29, 0.717) is 13.0 Å². The van der Waals surface area contributed by atoms with E-state index in [4.69, 9.17) is 9.47 Å². The molecule has 0 spiro atoms. The minimum Gasteiger partial charge on any atom is -0.497 e. The first kappa shape index (κ1) is 24.1. The third-order valence-corrected chi connectivity index (χ3v) is 6.90. The van der Waals surface area contributed by atoms with Gasteiger partial charge in [-0.15, -0.1) is 0 Å². The van der Waals surface area contributed by atoms with Gasteiger partial charge in [0.2, 0.25) is 5.91 Å². The number of amides is 1. The number of carbonyl (C=O) groups is 1. The fourth-order valence-electron chi connectivity index (χ4n) is 5.05. The van der Waals surface area contributed by atoms with Crippen molar-refractivity contribution in [2.75, 3.05) is 40.4 Å². The van der Waals surface area contributed by atoms with Crippen LogP contribution in [-0.2, 0) is 11.3 Å². The molecule has 0 bridgehead atoms. The quantitative estimate of drug-likeness (QED) is 0.469. The second-order valence-electron chi connectivity index (χ2n) is 9.04. The summed E-state index contributed by atoms with van der Waals surface area (Å²) in [5.41, 5.74) is 3.35. The summed E-state index contributed by atoms with van der Waals surface area (Å²) in [4.78, 5) is 15.6. The summed E-state index contributed by atoms with van der Waals surface area (Å²) >= 11 is 0. The van der Waals surface area contributed by atoms with Crippen LogP contribution in [0.4, 0.5) is 0 Å². The molecule has 0 saturated carbocycles. The molecule has 1 atom stereocenters. The molecule has 34 heavy (non-hydrogen) atoms. The lowest BCUT2D eigenvalue weighted by Crippen LogP contribution is -2.38. The highest BCUT2D eigenvalue weighted by Gasteiger charge is 2.24. The van der Waals surface area contributed by atoms with Gasteiger partial charge in [-0.2, -0.15) is 0 Å². The Hall–Kier alpha value is -2.99. The molecule has 1 N–H and O–H groups in total. The number of benzene rings is 2. The van der Waals surface area contributed by atoms with Crippen LogP contribution >= 0.6 is 0 Å². The molecular weight excluding hydrogens is 426 g/mol. The molecule has 1 saturated heterocycles. The number of fused-ring (bicyclic) bond motifs is 1. The minimum atomic E-state index is -0.114. The van der Waals surface area contributed by atoms with Crippen molar-refractivity contribution in [1.29, 1.82) is 0 Å². The van der Waals surface area contributed by atoms with E-state index >= 15 is 0 Å². The second kappa shape index (κ2) is 11.4. The Balaban J connectivity index is 1.62. The van der Waals surface area contributed by atoms with E-state index in [1.165, 1.54) is 30.2 Å². The fraction of sp³-hybridized carbons (Fsp3) is 0.464. The first-order valence-corrected chi connectivity index (χ1v) is 12.4. The molecule has 2 aromatic carbocycles. The van der Waals surface area contributed by atoms with E-state index in [1.807, 2.05) is 18.2 Å². The minimum absolute atomic E-state index is 0.0668. The van der Waals surface area contributed by atoms with E-state index in [-0.39, 0.29) is 11.8 Å². The molecule has 1 aliphatic rings. The molecule has 1 unspecified atom stereocenters. The summed E-state index contributed by atoms with van der Waals surface area (Å²) in [5, 5.41) is 4.35. The van der Waals surface area contributed by atoms with Crippen molar-refractivity contribution < 1.29 is 14.3 Å². The van der Waals surface area contributed by atoms with Crippen LogP contribution in [0.25, 0.3) is 10.9 Å². The van der Waals surface area contributed by atoms with Crippen molar-refractivity contribution >= 4 is 16.8 Å². The smallest absolute Gasteiger partial charge is 0.220 e. The summed E-state index contributed by atoms with van der Waals surface area (Å²) in [6.07, 6.45) is 6.40. The first-order valence-electron chi connectivity index (χ1n) is 12.4. The average Bonchev–Trinajstić information content (AvgIpc) is 3.26. The molecule has 2 heterocycles. The van der Waals surface area contributed by atoms with Crippen molar-refractivity contribution in [3.05, 3.63) is 59.8 Å². The van der Waals surface area contributed by atoms with Crippen LogP contribution in [0, 0.1) is 0 Å². The number of para-hydroxylation sites is 1. The maximum atomic E-state index is 13.2. The topological polar surface area (TPSA) is 55.7 Å². The van der Waals surface area contributed by atoms with Crippen LogP contribution in [0.5, 0.6) is 11.5 Å². The van der Waals surface area contributed by atoms with Gasteiger partial charge < -0.3 is 24.3 Å². The molecule has 0 aliphatic carbocycles. The summed E-state index contributed by atoms with van der Waals surface area (Å²) in [5.74, 6) is 1.40. The first-order chi connectivity index (χ1) is 16.6. The number of nitrogens with zero attached hydrogens (tertiary/aromatic N) is 2. The Morgan fingerprint density at radius 1 is 1.03 bits per heavy atom. The van der Waals surface area contributed by atoms with Gasteiger partial charge in [-0.1, -0.05) is 24.6 Å². The number of nitrogens with one attached hydrogen (secondary N) is 1. The van der Waals surface area contributed by atoms with E-state index in [0.717, 1.165) is 48.8 Å². The lowest BCUT2D eigenvalue weighted by atomic mass is 9.87. The molecule has 6 nitrogen and oxygen atoms in total. The van der Waals surface area contributed by atoms with E-state index in [1.54, 1.807) is 14.2 Å². The second-order valence-corrected chi connectivity index (χ2v) is 9.04. The van der Waals surface area contributed by atoms with Crippen molar-refractivity contribution in [3.8, 4) is 11.5 Å². The Labute approximate surface area is 202 Å². The summed E-state index contributed by atoms with van der Waals surface area (Å²) in [6, 6.07) is 14.3. The highest BCUT2D eigenvalue weighted by molar-refractivity contribution is 5.86. The van der Waals surface area contributed by atoms with Gasteiger partial charge in [-0.3, -0.25) is 4.79 Å². The van der Waals surface area contributed by atoms with Gasteiger partial charge in [-0.05, 0) is 62.2 Å². The third-order valence-electron chi connectivity index (χ3n) is 6.90. The highest BCUT2D eigenvalue weighted by atomic mass is 16.5. The SMILES string of the molecule is CCn1cc(C(CC(=O)NCCN2CCCCC2)c2cc(OC)cc(OC)c2)c2ccccc21. The fourth-order valence-corrected chi connectivity index (χ4v) is 5.05. The number of aromatic nitrogens is 1. The largest absolute Gasteiger partial charge is 0.497 e. The van der Waals surface area contributed by atoms with Crippen LogP contribution in [0.2, 0.25) is 0 Å². The van der Waals surface area contributed by atoms with E-state index in [9.17, 15) is 4.79 Å². The number of hydrogen-bond acceptors (Lipinski definition) is 4. The number of carbonyl (C=O) groups excluding carboxylic acids is 1. The van der Waals surface area contributed by atoms with Crippen LogP contribution in [0.15, 0.2) is 48.7 Å². The van der Waals surface area contributed by atoms with E-state index < -0.39 is 0 Å². The number of methoxy groups -OCH3 is 2. The van der Waals surface area contributed by atoms with Crippen molar-refractivity contribution in [1.82, 2.24) is 14.8 Å². The number of aryl methyl sites for hydroxylation is 1. The van der Waals surface area contributed by atoms with Gasteiger partial charge >= 0.3 is 0 Å². The van der Waals surface area contributed by atoms with Crippen LogP contribution in [0.1, 0.15) is 49.7 Å². The Morgan fingerprint density at radius 2 is 1.74 bits per heavy atom. The van der Waals surface area contributed by atoms with Crippen molar-refractivity contribution in [2.45, 2.75) is 45.1 Å². The standard InChI is InChI=1S/C28H37N3O3/c1-4-31-20-26(24-10-6-7-11-27(24)31)25(21-16-22(33-2)18-23(17-21)34-3)19-28(32)29-12-15-30-13-8-5-9-14-30/h6-7,10-11,16-18,20,25H,4-5,8-9,12-15,19H2,1-3H3,(H,29,32). The lowest BCUT2D eigenvalue weighted by Gasteiger charge is -2.26. The van der Waals surface area contributed by atoms with E-state index in [2.05, 4.69) is 52.2 Å². The zero-order valence-electron chi connectivity index (χ0n) is 20.7. The number of likely N-dealkylation sites (tertiary alicyclic amines) is 1. The molecular formula is C28H37N3O3. The van der Waals surface area contributed by atoms with Crippen LogP contribution in [-0.4, -0.2) is 55.8 Å². The molecule has 0 radical (unpaired) electrons. The number of hydrogen-bond donors (Lipinski definition) is 1. The van der Waals surface area contributed by atoms with Gasteiger partial charge in [0, 0.05) is 55.1 Å². The molecule has 3 aromatic rings. The zero-order valence-corrected chi connectivity index (χ0v) is 20.7. The Bertz CT molecular complexity index is 1080. The molecule has 1 amide bonds. The average molecular weight is 464 g/mol. The Morgan fingerprint density at radius 3 is 2.41 bits per heavy atom. The third kappa shape index (κ3) is 5.55. The maximum absolute atomic E-state index is 13.2. The van der Waals surface area contributed by atoms with Gasteiger partial charge in [0.25, 0.3) is 0 Å². The van der Waals surface area contributed by atoms with Crippen LogP contribution < -0.4 is 14.8 Å². The number of piperidine rings is 1. The molecule has 1 aliphatic heterocycles. The predicted octanol–water partition coefficient (Wildman–Crippen LogP) is 4.80. The monoisotopic (exact) mass is 463 g/mol. The molecule has 182 valence electrons. The van der Waals surface area contributed by atoms with Crippen molar-refractivity contribution in [2.24, 2.45) is 0 Å². The molecule has 1 fully saturated rings. The molecule has 1 aromatic heterocycles. The van der Waals surface area contributed by atoms with Gasteiger partial charge in [0.05, 0.1) is 14.2 Å². The predicted molar refractivity (Wildman–Crippen MR) is 137 cm³/mol. The zero-order chi connectivity index (χ0) is 23.9.